The molecular formula is C22H19ClFN5OS. The van der Waals surface area contributed by atoms with Crippen molar-refractivity contribution in [1.82, 2.24) is 19.7 Å². The van der Waals surface area contributed by atoms with Crippen LogP contribution in [0.2, 0.25) is 5.02 Å². The monoisotopic (exact) mass is 455 g/mol. The Balaban J connectivity index is 1.35. The van der Waals surface area contributed by atoms with Gasteiger partial charge in [0.2, 0.25) is 0 Å². The van der Waals surface area contributed by atoms with E-state index in [-0.39, 0.29) is 11.7 Å². The van der Waals surface area contributed by atoms with Gasteiger partial charge in [0.15, 0.2) is 10.8 Å². The smallest absolute Gasteiger partial charge is 0.255 e. The van der Waals surface area contributed by atoms with Gasteiger partial charge in [-0.25, -0.2) is 9.07 Å². The molecule has 1 aliphatic rings. The third kappa shape index (κ3) is 3.66. The van der Waals surface area contributed by atoms with Crippen LogP contribution in [-0.2, 0) is 0 Å². The molecule has 0 spiro atoms. The highest BCUT2D eigenvalue weighted by molar-refractivity contribution is 7.22. The molecule has 0 unspecified atom stereocenters. The molecule has 2 aromatic carbocycles. The molecule has 1 saturated heterocycles. The summed E-state index contributed by atoms with van der Waals surface area (Å²) in [5.41, 5.74) is 2.95. The Labute approximate surface area is 187 Å². The Hall–Kier alpha value is -2.97. The minimum atomic E-state index is -0.285. The largest absolute Gasteiger partial charge is 0.344 e. The topological polar surface area (TPSA) is 54.3 Å². The Morgan fingerprint density at radius 3 is 2.48 bits per heavy atom. The predicted molar refractivity (Wildman–Crippen MR) is 121 cm³/mol. The molecule has 0 N–H and O–H groups in total. The number of thiazole rings is 1. The van der Waals surface area contributed by atoms with Gasteiger partial charge in [-0.05, 0) is 43.3 Å². The zero-order valence-electron chi connectivity index (χ0n) is 16.8. The molecule has 0 saturated carbocycles. The fourth-order valence-corrected chi connectivity index (χ4v) is 4.98. The van der Waals surface area contributed by atoms with Gasteiger partial charge in [0.1, 0.15) is 5.82 Å². The Morgan fingerprint density at radius 2 is 1.77 bits per heavy atom. The summed E-state index contributed by atoms with van der Waals surface area (Å²) in [4.78, 5) is 21.6. The SMILES string of the molecule is Cc1nn(-c2ccc(F)cc2)c2nc(N3CCN(C(=O)c4ccccc4Cl)CC3)sc12. The van der Waals surface area contributed by atoms with E-state index in [4.69, 9.17) is 16.6 Å². The van der Waals surface area contributed by atoms with Crippen LogP contribution in [0, 0.1) is 12.7 Å². The predicted octanol–water partition coefficient (Wildman–Crippen LogP) is 4.55. The molecule has 3 heterocycles. The van der Waals surface area contributed by atoms with E-state index in [9.17, 15) is 9.18 Å². The number of carbonyl (C=O) groups excluding carboxylic acids is 1. The van der Waals surface area contributed by atoms with Crippen molar-refractivity contribution in [3.63, 3.8) is 0 Å². The first-order valence-electron chi connectivity index (χ1n) is 9.92. The second-order valence-corrected chi connectivity index (χ2v) is 8.77. The van der Waals surface area contributed by atoms with E-state index in [1.54, 1.807) is 40.3 Å². The summed E-state index contributed by atoms with van der Waals surface area (Å²) in [6.45, 7) is 4.53. The molecule has 0 radical (unpaired) electrons. The van der Waals surface area contributed by atoms with Crippen LogP contribution in [0.1, 0.15) is 16.1 Å². The van der Waals surface area contributed by atoms with Crippen LogP contribution in [0.25, 0.3) is 16.0 Å². The summed E-state index contributed by atoms with van der Waals surface area (Å²) in [5, 5.41) is 5.94. The average Bonchev–Trinajstić information content (AvgIpc) is 3.35. The summed E-state index contributed by atoms with van der Waals surface area (Å²) in [6, 6.07) is 13.4. The molecule has 0 aliphatic carbocycles. The molecule has 9 heteroatoms. The van der Waals surface area contributed by atoms with Crippen LogP contribution in [0.15, 0.2) is 48.5 Å². The maximum atomic E-state index is 13.3. The number of piperazine rings is 1. The van der Waals surface area contributed by atoms with Crippen molar-refractivity contribution in [3.8, 4) is 5.69 Å². The molecular weight excluding hydrogens is 437 g/mol. The molecule has 1 amide bonds. The maximum absolute atomic E-state index is 13.3. The average molecular weight is 456 g/mol. The third-order valence-corrected chi connectivity index (χ3v) is 6.93. The summed E-state index contributed by atoms with van der Waals surface area (Å²) >= 11 is 7.78. The zero-order chi connectivity index (χ0) is 21.5. The van der Waals surface area contributed by atoms with Crippen molar-refractivity contribution in [2.75, 3.05) is 31.1 Å². The number of fused-ring (bicyclic) bond motifs is 1. The first-order chi connectivity index (χ1) is 15.0. The van der Waals surface area contributed by atoms with Gasteiger partial charge in [0.25, 0.3) is 5.91 Å². The Morgan fingerprint density at radius 1 is 1.06 bits per heavy atom. The van der Waals surface area contributed by atoms with Gasteiger partial charge < -0.3 is 9.80 Å². The molecule has 1 fully saturated rings. The second-order valence-electron chi connectivity index (χ2n) is 7.38. The van der Waals surface area contributed by atoms with Gasteiger partial charge in [0, 0.05) is 26.2 Å². The van der Waals surface area contributed by atoms with Crippen molar-refractivity contribution in [1.29, 1.82) is 0 Å². The molecule has 31 heavy (non-hydrogen) atoms. The third-order valence-electron chi connectivity index (χ3n) is 5.39. The summed E-state index contributed by atoms with van der Waals surface area (Å²) < 4.78 is 16.1. The Bertz CT molecular complexity index is 1260. The highest BCUT2D eigenvalue weighted by Crippen LogP contribution is 2.33. The highest BCUT2D eigenvalue weighted by atomic mass is 35.5. The van der Waals surface area contributed by atoms with Crippen LogP contribution in [-0.4, -0.2) is 51.8 Å². The molecule has 1 aliphatic heterocycles. The number of aromatic nitrogens is 3. The van der Waals surface area contributed by atoms with Crippen LogP contribution in [0.5, 0.6) is 0 Å². The van der Waals surface area contributed by atoms with Gasteiger partial charge in [-0.15, -0.1) is 0 Å². The number of halogens is 2. The van der Waals surface area contributed by atoms with E-state index in [2.05, 4.69) is 10.00 Å². The highest BCUT2D eigenvalue weighted by Gasteiger charge is 2.26. The summed E-state index contributed by atoms with van der Waals surface area (Å²) in [5.74, 6) is -0.329. The van der Waals surface area contributed by atoms with Crippen molar-refractivity contribution in [2.45, 2.75) is 6.92 Å². The van der Waals surface area contributed by atoms with Gasteiger partial charge in [-0.1, -0.05) is 35.1 Å². The summed E-state index contributed by atoms with van der Waals surface area (Å²) in [6.07, 6.45) is 0. The van der Waals surface area contributed by atoms with E-state index in [1.165, 1.54) is 12.1 Å². The standard InChI is InChI=1S/C22H19ClFN5OS/c1-14-19-20(29(26-14)16-8-6-15(24)7-9-16)25-22(31-19)28-12-10-27(11-13-28)21(30)17-4-2-3-5-18(17)23/h2-9H,10-13H2,1H3. The van der Waals surface area contributed by atoms with Gasteiger partial charge in [0.05, 0.1) is 26.7 Å². The van der Waals surface area contributed by atoms with Gasteiger partial charge >= 0.3 is 0 Å². The summed E-state index contributed by atoms with van der Waals surface area (Å²) in [7, 11) is 0. The van der Waals surface area contributed by atoms with Crippen LogP contribution < -0.4 is 4.90 Å². The fourth-order valence-electron chi connectivity index (χ4n) is 3.73. The molecule has 158 valence electrons. The zero-order valence-corrected chi connectivity index (χ0v) is 18.3. The van der Waals surface area contributed by atoms with Crippen LogP contribution in [0.4, 0.5) is 9.52 Å². The van der Waals surface area contributed by atoms with Crippen LogP contribution in [0.3, 0.4) is 0 Å². The molecule has 5 rings (SSSR count). The lowest BCUT2D eigenvalue weighted by Crippen LogP contribution is -2.48. The number of aryl methyl sites for hydroxylation is 1. The number of benzene rings is 2. The number of carbonyl (C=O) groups is 1. The quantitative estimate of drug-likeness (QED) is 0.455. The molecule has 0 atom stereocenters. The first-order valence-corrected chi connectivity index (χ1v) is 11.1. The Kier molecular flexibility index (Phi) is 5.11. The first kappa shape index (κ1) is 20.0. The van der Waals surface area contributed by atoms with Crippen molar-refractivity contribution in [2.24, 2.45) is 0 Å². The van der Waals surface area contributed by atoms with Gasteiger partial charge in [-0.2, -0.15) is 10.1 Å². The van der Waals surface area contributed by atoms with Gasteiger partial charge in [-0.3, -0.25) is 4.79 Å². The van der Waals surface area contributed by atoms with E-state index >= 15 is 0 Å². The lowest BCUT2D eigenvalue weighted by molar-refractivity contribution is 0.0747. The number of anilines is 1. The number of rotatable bonds is 3. The lowest BCUT2D eigenvalue weighted by Gasteiger charge is -2.34. The number of hydrogen-bond donors (Lipinski definition) is 0. The van der Waals surface area contributed by atoms with Crippen molar-refractivity contribution >= 4 is 44.3 Å². The van der Waals surface area contributed by atoms with Crippen molar-refractivity contribution < 1.29 is 9.18 Å². The van der Waals surface area contributed by atoms with Crippen LogP contribution >= 0.6 is 22.9 Å². The van der Waals surface area contributed by atoms with E-state index in [1.807, 2.05) is 24.0 Å². The minimum absolute atomic E-state index is 0.0441. The maximum Gasteiger partial charge on any atom is 0.255 e. The van der Waals surface area contributed by atoms with E-state index in [0.29, 0.717) is 36.8 Å². The number of nitrogens with zero attached hydrogens (tertiary/aromatic N) is 5. The second kappa shape index (κ2) is 7.94. The number of amides is 1. The molecule has 6 nitrogen and oxygen atoms in total. The van der Waals surface area contributed by atoms with E-state index in [0.717, 1.165) is 26.9 Å². The lowest BCUT2D eigenvalue weighted by atomic mass is 10.2. The number of hydrogen-bond acceptors (Lipinski definition) is 5. The fraction of sp³-hybridized carbons (Fsp3) is 0.227. The minimum Gasteiger partial charge on any atom is -0.344 e. The van der Waals surface area contributed by atoms with E-state index < -0.39 is 0 Å². The van der Waals surface area contributed by atoms with Crippen molar-refractivity contribution in [3.05, 3.63) is 70.6 Å². The normalized spacial score (nSPS) is 14.4. The molecule has 4 aromatic rings. The molecule has 2 aromatic heterocycles. The molecule has 0 bridgehead atoms.